The molecule has 13 heteroatoms. The first-order valence-corrected chi connectivity index (χ1v) is 12.7. The van der Waals surface area contributed by atoms with Crippen LogP contribution in [0.5, 0.6) is 11.5 Å². The minimum absolute atomic E-state index is 0.00173. The maximum absolute atomic E-state index is 14.6. The second kappa shape index (κ2) is 10.9. The van der Waals surface area contributed by atoms with Crippen LogP contribution in [0.25, 0.3) is 10.6 Å². The molecule has 0 radical (unpaired) electrons. The van der Waals surface area contributed by atoms with Gasteiger partial charge in [-0.05, 0) is 43.2 Å². The number of aliphatic hydroxyl groups is 1. The first-order chi connectivity index (χ1) is 18.8. The SMILES string of the molecule is O=C(Nc1ccc(Oc2ccccc2F)c(C(F)(F)F)c1N1CCC[C@@H]1CO)c1csc(-c2ccnnc2)n1. The topological polar surface area (TPSA) is 100 Å². The zero-order valence-corrected chi connectivity index (χ0v) is 21.0. The molecule has 202 valence electrons. The van der Waals surface area contributed by atoms with Crippen LogP contribution in [0.3, 0.4) is 0 Å². The van der Waals surface area contributed by atoms with Gasteiger partial charge in [-0.15, -0.1) is 11.3 Å². The third kappa shape index (κ3) is 5.54. The number of alkyl halides is 3. The Labute approximate surface area is 223 Å². The highest BCUT2D eigenvalue weighted by Crippen LogP contribution is 2.49. The van der Waals surface area contributed by atoms with Gasteiger partial charge >= 0.3 is 6.18 Å². The summed E-state index contributed by atoms with van der Waals surface area (Å²) in [5.41, 5.74) is -1.07. The lowest BCUT2D eigenvalue weighted by Crippen LogP contribution is -2.35. The van der Waals surface area contributed by atoms with E-state index in [4.69, 9.17) is 4.74 Å². The van der Waals surface area contributed by atoms with E-state index in [0.717, 1.165) is 12.1 Å². The molecule has 1 saturated heterocycles. The van der Waals surface area contributed by atoms with E-state index in [1.54, 1.807) is 6.07 Å². The number of para-hydroxylation sites is 1. The van der Waals surface area contributed by atoms with Gasteiger partial charge in [-0.1, -0.05) is 12.1 Å². The number of anilines is 2. The van der Waals surface area contributed by atoms with E-state index < -0.39 is 41.9 Å². The van der Waals surface area contributed by atoms with E-state index in [-0.39, 0.29) is 29.4 Å². The molecule has 0 unspecified atom stereocenters. The van der Waals surface area contributed by atoms with Crippen LogP contribution in [-0.2, 0) is 6.18 Å². The number of carbonyl (C=O) groups is 1. The van der Waals surface area contributed by atoms with Gasteiger partial charge in [-0.25, -0.2) is 9.37 Å². The fraction of sp³-hybridized carbons (Fsp3) is 0.231. The lowest BCUT2D eigenvalue weighted by atomic mass is 10.1. The van der Waals surface area contributed by atoms with Crippen molar-refractivity contribution in [1.29, 1.82) is 0 Å². The highest BCUT2D eigenvalue weighted by atomic mass is 32.1. The van der Waals surface area contributed by atoms with Crippen molar-refractivity contribution in [1.82, 2.24) is 15.2 Å². The minimum Gasteiger partial charge on any atom is -0.454 e. The number of benzene rings is 2. The Balaban J connectivity index is 1.57. The molecular weight excluding hydrogens is 538 g/mol. The number of aliphatic hydroxyl groups excluding tert-OH is 1. The zero-order valence-electron chi connectivity index (χ0n) is 20.2. The van der Waals surface area contributed by atoms with Crippen molar-refractivity contribution >= 4 is 28.6 Å². The first-order valence-electron chi connectivity index (χ1n) is 11.8. The largest absolute Gasteiger partial charge is 0.454 e. The van der Waals surface area contributed by atoms with Gasteiger partial charge in [0, 0.05) is 17.5 Å². The smallest absolute Gasteiger partial charge is 0.422 e. The summed E-state index contributed by atoms with van der Waals surface area (Å²) in [4.78, 5) is 18.8. The summed E-state index contributed by atoms with van der Waals surface area (Å²) in [6.45, 7) is -0.186. The average Bonchev–Trinajstić information content (AvgIpc) is 3.60. The first kappa shape index (κ1) is 26.5. The van der Waals surface area contributed by atoms with Crippen LogP contribution in [0.4, 0.5) is 28.9 Å². The van der Waals surface area contributed by atoms with Gasteiger partial charge in [-0.2, -0.15) is 23.4 Å². The average molecular weight is 560 g/mol. The number of thiazole rings is 1. The number of hydrogen-bond acceptors (Lipinski definition) is 8. The van der Waals surface area contributed by atoms with Crippen LogP contribution >= 0.6 is 11.3 Å². The molecule has 39 heavy (non-hydrogen) atoms. The molecule has 8 nitrogen and oxygen atoms in total. The number of ether oxygens (including phenoxy) is 1. The number of carbonyl (C=O) groups excluding carboxylic acids is 1. The second-order valence-corrected chi connectivity index (χ2v) is 9.52. The summed E-state index contributed by atoms with van der Waals surface area (Å²) in [7, 11) is 0. The normalized spacial score (nSPS) is 15.4. The van der Waals surface area contributed by atoms with E-state index in [2.05, 4.69) is 20.5 Å². The lowest BCUT2D eigenvalue weighted by Gasteiger charge is -2.31. The molecule has 1 aliphatic heterocycles. The molecule has 1 amide bonds. The Morgan fingerprint density at radius 1 is 1.15 bits per heavy atom. The van der Waals surface area contributed by atoms with Crippen LogP contribution < -0.4 is 15.0 Å². The maximum Gasteiger partial charge on any atom is 0.422 e. The Hall–Kier alpha value is -4.10. The van der Waals surface area contributed by atoms with E-state index in [9.17, 15) is 27.5 Å². The molecule has 0 saturated carbocycles. The van der Waals surface area contributed by atoms with Crippen molar-refractivity contribution in [3.8, 4) is 22.1 Å². The number of hydrogen-bond donors (Lipinski definition) is 2. The summed E-state index contributed by atoms with van der Waals surface area (Å²) in [5, 5.41) is 21.9. The van der Waals surface area contributed by atoms with Gasteiger partial charge in [0.25, 0.3) is 5.91 Å². The minimum atomic E-state index is -4.94. The van der Waals surface area contributed by atoms with Crippen LogP contribution in [0.2, 0.25) is 0 Å². The Morgan fingerprint density at radius 2 is 1.97 bits per heavy atom. The molecule has 2 aromatic carbocycles. The molecule has 3 heterocycles. The van der Waals surface area contributed by atoms with Gasteiger partial charge in [-0.3, -0.25) is 4.79 Å². The van der Waals surface area contributed by atoms with Crippen LogP contribution in [0, 0.1) is 5.82 Å². The van der Waals surface area contributed by atoms with E-state index in [0.29, 0.717) is 23.4 Å². The third-order valence-corrected chi connectivity index (χ3v) is 7.06. The molecule has 2 N–H and O–H groups in total. The number of amides is 1. The molecule has 4 aromatic rings. The molecule has 0 spiro atoms. The van der Waals surface area contributed by atoms with Crippen molar-refractivity contribution in [2.45, 2.75) is 25.1 Å². The highest BCUT2D eigenvalue weighted by molar-refractivity contribution is 7.13. The summed E-state index contributed by atoms with van der Waals surface area (Å²) in [6, 6.07) is 8.47. The molecule has 5 rings (SSSR count). The van der Waals surface area contributed by atoms with E-state index >= 15 is 0 Å². The standard InChI is InChI=1S/C26H21F4N5O3S/c27-17-5-1-2-6-20(17)38-21-8-7-18(23(22(21)26(28,29)30)35-11-3-4-16(35)13-36)33-24(37)19-14-39-25(34-19)15-9-10-31-32-12-15/h1-2,5-10,12,14,16,36H,3-4,11,13H2,(H,33,37)/t16-/m1/s1. The molecule has 2 aromatic heterocycles. The van der Waals surface area contributed by atoms with E-state index in [1.165, 1.54) is 58.3 Å². The number of halogens is 4. The predicted octanol–water partition coefficient (Wildman–Crippen LogP) is 5.76. The Morgan fingerprint density at radius 3 is 2.69 bits per heavy atom. The maximum atomic E-state index is 14.6. The van der Waals surface area contributed by atoms with Crippen LogP contribution in [-0.4, -0.2) is 45.4 Å². The molecule has 0 bridgehead atoms. The van der Waals surface area contributed by atoms with Gasteiger partial charge < -0.3 is 20.1 Å². The lowest BCUT2D eigenvalue weighted by molar-refractivity contribution is -0.138. The monoisotopic (exact) mass is 559 g/mol. The molecule has 1 aliphatic rings. The Kier molecular flexibility index (Phi) is 7.44. The highest BCUT2D eigenvalue weighted by Gasteiger charge is 2.42. The van der Waals surface area contributed by atoms with E-state index in [1.807, 2.05) is 0 Å². The van der Waals surface area contributed by atoms with Crippen molar-refractivity contribution in [2.75, 3.05) is 23.4 Å². The quantitative estimate of drug-likeness (QED) is 0.278. The summed E-state index contributed by atoms with van der Waals surface area (Å²) >= 11 is 1.17. The van der Waals surface area contributed by atoms with Crippen molar-refractivity contribution in [2.24, 2.45) is 0 Å². The van der Waals surface area contributed by atoms with Crippen molar-refractivity contribution in [3.05, 3.63) is 77.3 Å². The van der Waals surface area contributed by atoms with Crippen LogP contribution in [0.1, 0.15) is 28.9 Å². The van der Waals surface area contributed by atoms with Gasteiger partial charge in [0.05, 0.1) is 36.4 Å². The number of rotatable bonds is 7. The fourth-order valence-corrected chi connectivity index (χ4v) is 5.20. The fourth-order valence-electron chi connectivity index (χ4n) is 4.41. The summed E-state index contributed by atoms with van der Waals surface area (Å²) in [6.07, 6.45) is -1.01. The number of nitrogens with zero attached hydrogens (tertiary/aromatic N) is 4. The number of nitrogens with one attached hydrogen (secondary N) is 1. The molecule has 1 atom stereocenters. The van der Waals surface area contributed by atoms with Crippen LogP contribution in [0.15, 0.2) is 60.2 Å². The molecule has 1 fully saturated rings. The van der Waals surface area contributed by atoms with Gasteiger partial charge in [0.1, 0.15) is 22.0 Å². The third-order valence-electron chi connectivity index (χ3n) is 6.17. The Bertz CT molecular complexity index is 1480. The number of aromatic nitrogens is 3. The van der Waals surface area contributed by atoms with Gasteiger partial charge in [0.15, 0.2) is 11.6 Å². The van der Waals surface area contributed by atoms with Crippen molar-refractivity contribution in [3.63, 3.8) is 0 Å². The second-order valence-electron chi connectivity index (χ2n) is 8.66. The summed E-state index contributed by atoms with van der Waals surface area (Å²) < 4.78 is 63.6. The molecule has 0 aliphatic carbocycles. The zero-order chi connectivity index (χ0) is 27.6. The predicted molar refractivity (Wildman–Crippen MR) is 136 cm³/mol. The van der Waals surface area contributed by atoms with Gasteiger partial charge in [0.2, 0.25) is 0 Å². The molecular formula is C26H21F4N5O3S. The summed E-state index contributed by atoms with van der Waals surface area (Å²) in [5.74, 6) is -2.57. The van der Waals surface area contributed by atoms with Crippen molar-refractivity contribution < 1.29 is 32.2 Å².